The van der Waals surface area contributed by atoms with Gasteiger partial charge in [0.1, 0.15) is 11.5 Å². The molecule has 4 aromatic rings. The maximum absolute atomic E-state index is 13.0. The lowest BCUT2D eigenvalue weighted by Crippen LogP contribution is -2.12. The van der Waals surface area contributed by atoms with Crippen LogP contribution in [-0.4, -0.2) is 29.2 Å². The quantitative estimate of drug-likeness (QED) is 0.333. The first kappa shape index (κ1) is 22.1. The molecule has 3 aromatic carbocycles. The molecule has 1 aromatic heterocycles. The third kappa shape index (κ3) is 5.05. The summed E-state index contributed by atoms with van der Waals surface area (Å²) < 4.78 is 4.73. The predicted molar refractivity (Wildman–Crippen MR) is 129 cm³/mol. The second-order valence-electron chi connectivity index (χ2n) is 7.30. The number of hydrogen-bond acceptors (Lipinski definition) is 6. The molecule has 0 saturated heterocycles. The molecule has 0 fully saturated rings. The molecule has 3 N–H and O–H groups in total. The third-order valence-corrected chi connectivity index (χ3v) is 6.18. The number of ether oxygens (including phenoxy) is 1. The second-order valence-corrected chi connectivity index (χ2v) is 8.47. The Labute approximate surface area is 194 Å². The molecule has 0 spiro atoms. The Bertz CT molecular complexity index is 1330. The first-order chi connectivity index (χ1) is 15.9. The van der Waals surface area contributed by atoms with Gasteiger partial charge in [-0.1, -0.05) is 30.3 Å². The summed E-state index contributed by atoms with van der Waals surface area (Å²) in [4.78, 5) is 26.4. The van der Waals surface area contributed by atoms with Crippen molar-refractivity contribution in [2.24, 2.45) is 0 Å². The van der Waals surface area contributed by atoms with Crippen LogP contribution in [0.5, 0.6) is 11.5 Å². The lowest BCUT2D eigenvalue weighted by Gasteiger charge is -2.11. The molecule has 166 valence electrons. The minimum atomic E-state index is -0.301. The molecule has 0 radical (unpaired) electrons. The molecule has 6 nitrogen and oxygen atoms in total. The van der Waals surface area contributed by atoms with E-state index >= 15 is 0 Å². The minimum Gasteiger partial charge on any atom is -0.508 e. The normalized spacial score (nSPS) is 10.6. The number of para-hydroxylation sites is 1. The number of methoxy groups -OCH3 is 1. The average molecular weight is 460 g/mol. The van der Waals surface area contributed by atoms with Crippen LogP contribution in [0.4, 0.5) is 5.69 Å². The van der Waals surface area contributed by atoms with E-state index in [4.69, 9.17) is 4.74 Å². The molecule has 0 saturated carbocycles. The lowest BCUT2D eigenvalue weighted by atomic mass is 10.0. The largest absolute Gasteiger partial charge is 0.508 e. The van der Waals surface area contributed by atoms with Crippen molar-refractivity contribution in [3.63, 3.8) is 0 Å². The minimum absolute atomic E-state index is 0.0370. The van der Waals surface area contributed by atoms with Crippen LogP contribution in [-0.2, 0) is 16.0 Å². The van der Waals surface area contributed by atoms with Crippen LogP contribution in [0.1, 0.15) is 15.2 Å². The van der Waals surface area contributed by atoms with E-state index in [1.54, 1.807) is 30.3 Å². The first-order valence-corrected chi connectivity index (χ1v) is 10.9. The van der Waals surface area contributed by atoms with Crippen LogP contribution in [0.3, 0.4) is 0 Å². The monoisotopic (exact) mass is 459 g/mol. The number of aromatic hydroxyl groups is 2. The standard InChI is InChI=1S/C26H21NO5S/c1-32-25(30)15-19-10-12-24(33-19)21-7-2-3-8-22(21)27-26(31)17-6-4-5-16(13-17)20-11-9-18(28)14-23(20)29/h2-14,28-29H,15H2,1H3,(H,27,31). The average Bonchev–Trinajstić information content (AvgIpc) is 3.27. The highest BCUT2D eigenvalue weighted by Gasteiger charge is 2.14. The number of amides is 1. The molecule has 0 aliphatic heterocycles. The summed E-state index contributed by atoms with van der Waals surface area (Å²) >= 11 is 1.47. The van der Waals surface area contributed by atoms with Gasteiger partial charge in [0.2, 0.25) is 0 Å². The zero-order valence-electron chi connectivity index (χ0n) is 17.7. The van der Waals surface area contributed by atoms with Crippen molar-refractivity contribution >= 4 is 28.9 Å². The number of phenols is 2. The van der Waals surface area contributed by atoms with Crippen molar-refractivity contribution < 1.29 is 24.5 Å². The van der Waals surface area contributed by atoms with Crippen LogP contribution in [0.25, 0.3) is 21.6 Å². The number of rotatable bonds is 6. The van der Waals surface area contributed by atoms with Gasteiger partial charge in [-0.3, -0.25) is 9.59 Å². The molecule has 0 atom stereocenters. The fourth-order valence-corrected chi connectivity index (χ4v) is 4.46. The highest BCUT2D eigenvalue weighted by Crippen LogP contribution is 2.35. The Morgan fingerprint density at radius 2 is 1.73 bits per heavy atom. The van der Waals surface area contributed by atoms with Gasteiger partial charge in [0, 0.05) is 38.2 Å². The number of benzene rings is 3. The second kappa shape index (κ2) is 9.58. The van der Waals surface area contributed by atoms with Crippen LogP contribution in [0, 0.1) is 0 Å². The van der Waals surface area contributed by atoms with Gasteiger partial charge < -0.3 is 20.3 Å². The Balaban J connectivity index is 1.58. The van der Waals surface area contributed by atoms with Crippen molar-refractivity contribution in [2.75, 3.05) is 12.4 Å². The van der Waals surface area contributed by atoms with E-state index in [-0.39, 0.29) is 29.8 Å². The van der Waals surface area contributed by atoms with E-state index in [2.05, 4.69) is 5.32 Å². The van der Waals surface area contributed by atoms with Gasteiger partial charge in [-0.05, 0) is 48.0 Å². The third-order valence-electron chi connectivity index (χ3n) is 5.07. The van der Waals surface area contributed by atoms with Gasteiger partial charge in [0.15, 0.2) is 0 Å². The lowest BCUT2D eigenvalue weighted by molar-refractivity contribution is -0.139. The fourth-order valence-electron chi connectivity index (χ4n) is 3.43. The molecule has 1 heterocycles. The summed E-state index contributed by atoms with van der Waals surface area (Å²) in [6.45, 7) is 0. The molecule has 7 heteroatoms. The van der Waals surface area contributed by atoms with Gasteiger partial charge in [-0.2, -0.15) is 0 Å². The van der Waals surface area contributed by atoms with Gasteiger partial charge in [-0.25, -0.2) is 0 Å². The van der Waals surface area contributed by atoms with E-state index in [0.717, 1.165) is 15.3 Å². The summed E-state index contributed by atoms with van der Waals surface area (Å²) in [5.74, 6) is -0.707. The summed E-state index contributed by atoms with van der Waals surface area (Å²) in [5.41, 5.74) is 3.08. The van der Waals surface area contributed by atoms with E-state index in [1.165, 1.54) is 30.6 Å². The van der Waals surface area contributed by atoms with Crippen LogP contribution in [0.2, 0.25) is 0 Å². The van der Waals surface area contributed by atoms with E-state index in [1.807, 2.05) is 36.4 Å². The van der Waals surface area contributed by atoms with Crippen molar-refractivity contribution in [3.8, 4) is 33.1 Å². The molecule has 0 aliphatic rings. The molecule has 33 heavy (non-hydrogen) atoms. The topological polar surface area (TPSA) is 95.9 Å². The number of phenolic OH excluding ortho intramolecular Hbond substituents is 2. The van der Waals surface area contributed by atoms with Crippen LogP contribution in [0.15, 0.2) is 78.9 Å². The Kier molecular flexibility index (Phi) is 6.42. The van der Waals surface area contributed by atoms with Crippen molar-refractivity contribution in [1.29, 1.82) is 0 Å². The molecule has 0 unspecified atom stereocenters. The number of carbonyl (C=O) groups is 2. The van der Waals surface area contributed by atoms with E-state index < -0.39 is 0 Å². The number of hydrogen-bond donors (Lipinski definition) is 3. The molecule has 1 amide bonds. The van der Waals surface area contributed by atoms with Gasteiger partial charge >= 0.3 is 5.97 Å². The van der Waals surface area contributed by atoms with E-state index in [0.29, 0.717) is 22.4 Å². The van der Waals surface area contributed by atoms with Gasteiger partial charge in [-0.15, -0.1) is 11.3 Å². The van der Waals surface area contributed by atoms with Crippen molar-refractivity contribution in [2.45, 2.75) is 6.42 Å². The Morgan fingerprint density at radius 3 is 2.52 bits per heavy atom. The summed E-state index contributed by atoms with van der Waals surface area (Å²) in [6, 6.07) is 22.5. The zero-order chi connectivity index (χ0) is 23.4. The Morgan fingerprint density at radius 1 is 0.909 bits per heavy atom. The number of anilines is 1. The summed E-state index contributed by atoms with van der Waals surface area (Å²) in [6.07, 6.45) is 0.201. The number of esters is 1. The van der Waals surface area contributed by atoms with Crippen LogP contribution >= 0.6 is 11.3 Å². The molecular weight excluding hydrogens is 438 g/mol. The number of nitrogens with one attached hydrogen (secondary N) is 1. The number of thiophene rings is 1. The molecular formula is C26H21NO5S. The SMILES string of the molecule is COC(=O)Cc1ccc(-c2ccccc2NC(=O)c2cccc(-c3ccc(O)cc3O)c2)s1. The van der Waals surface area contributed by atoms with Crippen molar-refractivity contribution in [1.82, 2.24) is 0 Å². The highest BCUT2D eigenvalue weighted by molar-refractivity contribution is 7.15. The molecule has 4 rings (SSSR count). The Hall–Kier alpha value is -4.10. The summed E-state index contributed by atoms with van der Waals surface area (Å²) in [5, 5.41) is 22.6. The van der Waals surface area contributed by atoms with E-state index in [9.17, 15) is 19.8 Å². The zero-order valence-corrected chi connectivity index (χ0v) is 18.6. The summed E-state index contributed by atoms with van der Waals surface area (Å²) in [7, 11) is 1.36. The van der Waals surface area contributed by atoms with Gasteiger partial charge in [0.25, 0.3) is 5.91 Å². The maximum atomic E-state index is 13.0. The van der Waals surface area contributed by atoms with Gasteiger partial charge in [0.05, 0.1) is 13.5 Å². The number of carbonyl (C=O) groups excluding carboxylic acids is 2. The predicted octanol–water partition coefficient (Wildman–Crippen LogP) is 5.46. The smallest absolute Gasteiger partial charge is 0.310 e. The molecule has 0 bridgehead atoms. The van der Waals surface area contributed by atoms with Crippen molar-refractivity contribution in [3.05, 3.63) is 89.3 Å². The maximum Gasteiger partial charge on any atom is 0.310 e. The van der Waals surface area contributed by atoms with Crippen LogP contribution < -0.4 is 5.32 Å². The molecule has 0 aliphatic carbocycles. The fraction of sp³-hybridized carbons (Fsp3) is 0.0769. The highest BCUT2D eigenvalue weighted by atomic mass is 32.1. The first-order valence-electron chi connectivity index (χ1n) is 10.1.